The number of hydrogen-bond donors (Lipinski definition) is 1. The number of alkyl halides is 2. The molecule has 0 saturated heterocycles. The lowest BCUT2D eigenvalue weighted by atomic mass is 10.3. The molecule has 0 aliphatic rings. The highest BCUT2D eigenvalue weighted by molar-refractivity contribution is 7.22. The molecule has 24 heavy (non-hydrogen) atoms. The molecule has 1 amide bonds. The lowest BCUT2D eigenvalue weighted by Crippen LogP contribution is -2.12. The van der Waals surface area contributed by atoms with E-state index in [0.29, 0.717) is 5.13 Å². The zero-order chi connectivity index (χ0) is 17.5. The first-order chi connectivity index (χ1) is 11.5. The van der Waals surface area contributed by atoms with Gasteiger partial charge in [0.15, 0.2) is 5.13 Å². The van der Waals surface area contributed by atoms with Crippen molar-refractivity contribution in [3.8, 4) is 10.7 Å². The molecule has 10 heteroatoms. The summed E-state index contributed by atoms with van der Waals surface area (Å²) in [5.41, 5.74) is 1.73. The lowest BCUT2D eigenvalue weighted by Gasteiger charge is -1.94. The van der Waals surface area contributed by atoms with Crippen molar-refractivity contribution in [3.05, 3.63) is 29.6 Å². The summed E-state index contributed by atoms with van der Waals surface area (Å²) in [5, 5.41) is 5.39. The number of anilines is 1. The van der Waals surface area contributed by atoms with Gasteiger partial charge in [0.05, 0.1) is 16.1 Å². The summed E-state index contributed by atoms with van der Waals surface area (Å²) in [6, 6.07) is 7.94. The average molecular weight is 423 g/mol. The first-order valence-electron chi connectivity index (χ1n) is 6.45. The monoisotopic (exact) mass is 421 g/mol. The van der Waals surface area contributed by atoms with Crippen molar-refractivity contribution in [2.45, 2.75) is 0 Å². The Kier molecular flexibility index (Phi) is 7.39. The van der Waals surface area contributed by atoms with Gasteiger partial charge in [0.25, 0.3) is 0 Å². The molecule has 1 N–H and O–H groups in total. The van der Waals surface area contributed by atoms with Crippen molar-refractivity contribution in [3.63, 3.8) is 0 Å². The van der Waals surface area contributed by atoms with Crippen molar-refractivity contribution in [1.82, 2.24) is 9.97 Å². The number of para-hydroxylation sites is 1. The van der Waals surface area contributed by atoms with Gasteiger partial charge in [-0.15, -0.1) is 45.9 Å². The smallest absolute Gasteiger partial charge is 0.241 e. The predicted octanol–water partition coefficient (Wildman–Crippen LogP) is 4.59. The third-order valence-electron chi connectivity index (χ3n) is 2.49. The van der Waals surface area contributed by atoms with E-state index in [1.165, 1.54) is 11.3 Å². The lowest BCUT2D eigenvalue weighted by molar-refractivity contribution is -0.114. The molecule has 5 nitrogen and oxygen atoms in total. The summed E-state index contributed by atoms with van der Waals surface area (Å²) in [6.07, 6.45) is 0. The minimum Gasteiger partial charge on any atom is -0.301 e. The highest BCUT2D eigenvalue weighted by Gasteiger charge is 2.11. The van der Waals surface area contributed by atoms with Crippen LogP contribution in [0, 0.1) is 0 Å². The Labute approximate surface area is 160 Å². The fraction of sp³-hybridized carbons (Fsp3) is 0.143. The third-order valence-corrected chi connectivity index (χ3v) is 5.06. The number of halogens is 3. The van der Waals surface area contributed by atoms with Crippen LogP contribution in [-0.4, -0.2) is 32.9 Å². The van der Waals surface area contributed by atoms with E-state index in [4.69, 9.17) is 34.8 Å². The first kappa shape index (κ1) is 19.1. The summed E-state index contributed by atoms with van der Waals surface area (Å²) in [5.74, 6) is -0.427. The standard InChI is InChI=1S/C12H8ClN3OS2.C2H2Cl2O/c13-5-10(17)16-12-15-8(6-18-12)11-14-7-3-1-2-4-9(7)19-11;3-1-2(4)5/h1-4,6H,5H2,(H,15,16,17);1H2. The van der Waals surface area contributed by atoms with Crippen LogP contribution in [0.15, 0.2) is 29.6 Å². The zero-order valence-corrected chi connectivity index (χ0v) is 15.9. The number of fused-ring (bicyclic) bond motifs is 1. The maximum atomic E-state index is 11.2. The molecule has 3 rings (SSSR count). The zero-order valence-electron chi connectivity index (χ0n) is 12.0. The maximum absolute atomic E-state index is 11.2. The highest BCUT2D eigenvalue weighted by atomic mass is 35.5. The van der Waals surface area contributed by atoms with Crippen LogP contribution in [0.4, 0.5) is 5.13 Å². The van der Waals surface area contributed by atoms with Gasteiger partial charge in [-0.2, -0.15) is 0 Å². The molecule has 126 valence electrons. The van der Waals surface area contributed by atoms with E-state index in [9.17, 15) is 9.59 Å². The molecule has 3 aromatic rings. The first-order valence-corrected chi connectivity index (χ1v) is 9.59. The summed E-state index contributed by atoms with van der Waals surface area (Å²) in [4.78, 5) is 29.5. The van der Waals surface area contributed by atoms with Gasteiger partial charge in [-0.05, 0) is 23.7 Å². The summed E-state index contributed by atoms with van der Waals surface area (Å²) in [7, 11) is 0. The average Bonchev–Trinajstić information content (AvgIpc) is 3.21. The quantitative estimate of drug-likeness (QED) is 0.493. The maximum Gasteiger partial charge on any atom is 0.241 e. The second-order valence-electron chi connectivity index (χ2n) is 4.20. The van der Waals surface area contributed by atoms with E-state index in [-0.39, 0.29) is 17.7 Å². The number of carbonyl (C=O) groups is 2. The minimum absolute atomic E-state index is 0.0734. The van der Waals surface area contributed by atoms with Crippen molar-refractivity contribution >= 4 is 84.0 Å². The fourth-order valence-corrected chi connectivity index (χ4v) is 3.34. The van der Waals surface area contributed by atoms with Crippen LogP contribution in [-0.2, 0) is 9.59 Å². The Morgan fingerprint density at radius 3 is 2.46 bits per heavy atom. The van der Waals surface area contributed by atoms with E-state index in [0.717, 1.165) is 20.9 Å². The van der Waals surface area contributed by atoms with Gasteiger partial charge in [0, 0.05) is 5.38 Å². The van der Waals surface area contributed by atoms with Crippen molar-refractivity contribution in [2.75, 3.05) is 17.1 Å². The van der Waals surface area contributed by atoms with E-state index in [2.05, 4.69) is 15.3 Å². The third kappa shape index (κ3) is 5.39. The van der Waals surface area contributed by atoms with Crippen LogP contribution in [0.2, 0.25) is 0 Å². The fourth-order valence-electron chi connectivity index (χ4n) is 1.56. The van der Waals surface area contributed by atoms with E-state index in [1.54, 1.807) is 11.3 Å². The summed E-state index contributed by atoms with van der Waals surface area (Å²) >= 11 is 17.9. The Morgan fingerprint density at radius 2 is 1.83 bits per heavy atom. The summed E-state index contributed by atoms with van der Waals surface area (Å²) < 4.78 is 1.12. The molecule has 2 heterocycles. The van der Waals surface area contributed by atoms with Crippen LogP contribution in [0.25, 0.3) is 20.9 Å². The van der Waals surface area contributed by atoms with Gasteiger partial charge >= 0.3 is 0 Å². The Bertz CT molecular complexity index is 818. The van der Waals surface area contributed by atoms with Crippen LogP contribution >= 0.6 is 57.5 Å². The number of hydrogen-bond acceptors (Lipinski definition) is 6. The molecule has 0 bridgehead atoms. The molecule has 1 aromatic carbocycles. The molecule has 0 radical (unpaired) electrons. The van der Waals surface area contributed by atoms with Crippen molar-refractivity contribution in [1.29, 1.82) is 0 Å². The molecule has 0 saturated carbocycles. The SMILES string of the molecule is O=C(CCl)Nc1nc(-c2nc3ccccc3s2)cs1.O=C(Cl)CCl. The number of nitrogens with zero attached hydrogens (tertiary/aromatic N) is 2. The predicted molar refractivity (Wildman–Crippen MR) is 102 cm³/mol. The largest absolute Gasteiger partial charge is 0.301 e. The molecule has 0 fully saturated rings. The molecule has 0 aliphatic heterocycles. The Morgan fingerprint density at radius 1 is 1.12 bits per heavy atom. The molecular weight excluding hydrogens is 413 g/mol. The van der Waals surface area contributed by atoms with Crippen LogP contribution in [0.3, 0.4) is 0 Å². The van der Waals surface area contributed by atoms with Gasteiger partial charge in [0.2, 0.25) is 11.1 Å². The van der Waals surface area contributed by atoms with Crippen molar-refractivity contribution < 1.29 is 9.59 Å². The second-order valence-corrected chi connectivity index (χ2v) is 7.04. The molecule has 0 unspecified atom stereocenters. The van der Waals surface area contributed by atoms with E-state index < -0.39 is 5.24 Å². The minimum atomic E-state index is -0.508. The van der Waals surface area contributed by atoms with Crippen LogP contribution in [0.1, 0.15) is 0 Å². The Hall–Kier alpha value is -1.25. The van der Waals surface area contributed by atoms with Gasteiger partial charge < -0.3 is 5.32 Å². The van der Waals surface area contributed by atoms with Crippen LogP contribution in [0.5, 0.6) is 0 Å². The molecule has 0 spiro atoms. The number of rotatable bonds is 4. The number of nitrogens with one attached hydrogen (secondary N) is 1. The van der Waals surface area contributed by atoms with Gasteiger partial charge in [-0.3, -0.25) is 9.59 Å². The van der Waals surface area contributed by atoms with E-state index >= 15 is 0 Å². The number of aromatic nitrogens is 2. The molecule has 0 atom stereocenters. The Balaban J connectivity index is 0.000000368. The molecule has 0 aliphatic carbocycles. The van der Waals surface area contributed by atoms with Gasteiger partial charge in [0.1, 0.15) is 16.6 Å². The number of benzene rings is 1. The van der Waals surface area contributed by atoms with Gasteiger partial charge in [-0.1, -0.05) is 12.1 Å². The number of carbonyl (C=O) groups excluding carboxylic acids is 2. The van der Waals surface area contributed by atoms with Crippen molar-refractivity contribution in [2.24, 2.45) is 0 Å². The van der Waals surface area contributed by atoms with Crippen LogP contribution < -0.4 is 5.32 Å². The normalized spacial score (nSPS) is 10.1. The summed E-state index contributed by atoms with van der Waals surface area (Å²) in [6.45, 7) is 0. The van der Waals surface area contributed by atoms with E-state index in [1.807, 2.05) is 29.6 Å². The number of thiazole rings is 2. The highest BCUT2D eigenvalue weighted by Crippen LogP contribution is 2.31. The topological polar surface area (TPSA) is 72.0 Å². The second kappa shape index (κ2) is 9.29. The molecule has 2 aromatic heterocycles. The number of amides is 1. The van der Waals surface area contributed by atoms with Gasteiger partial charge in [-0.25, -0.2) is 9.97 Å². The molecular formula is C14H10Cl3N3O2S2.